The summed E-state index contributed by atoms with van der Waals surface area (Å²) in [5, 5.41) is 7.18. The molecule has 3 N–H and O–H groups in total. The van der Waals surface area contributed by atoms with E-state index in [1.807, 2.05) is 19.9 Å². The largest absolute Gasteiger partial charge is 0.383 e. The summed E-state index contributed by atoms with van der Waals surface area (Å²) in [6.07, 6.45) is 2.41. The quantitative estimate of drug-likeness (QED) is 0.348. The normalized spacial score (nSPS) is 12.1. The summed E-state index contributed by atoms with van der Waals surface area (Å²) in [5.74, 6) is 0.945. The van der Waals surface area contributed by atoms with Crippen LogP contribution in [0.25, 0.3) is 28.0 Å². The molecule has 3 aromatic heterocycles. The Bertz CT molecular complexity index is 1600. The SMILES string of the molecule is CCc1noc(-c2c(N)ncnc2N[C@@H](CC)c2nc3cccc(F)c3c(=O)n2-c2ccccc2)n1. The number of nitrogen functional groups attached to an aromatic ring is 1. The average molecular weight is 487 g/mol. The third-order valence-electron chi connectivity index (χ3n) is 5.79. The summed E-state index contributed by atoms with van der Waals surface area (Å²) in [5.41, 5.74) is 6.82. The molecule has 0 spiro atoms. The molecule has 0 bridgehead atoms. The van der Waals surface area contributed by atoms with Gasteiger partial charge in [0.15, 0.2) is 5.82 Å². The van der Waals surface area contributed by atoms with Crippen molar-refractivity contribution in [2.45, 2.75) is 32.7 Å². The van der Waals surface area contributed by atoms with Crippen molar-refractivity contribution in [2.24, 2.45) is 0 Å². The van der Waals surface area contributed by atoms with Gasteiger partial charge in [-0.25, -0.2) is 19.3 Å². The van der Waals surface area contributed by atoms with E-state index in [2.05, 4.69) is 25.4 Å². The number of nitrogens with two attached hydrogens (primary N) is 1. The highest BCUT2D eigenvalue weighted by molar-refractivity contribution is 5.80. The number of hydrogen-bond donors (Lipinski definition) is 2. The highest BCUT2D eigenvalue weighted by Crippen LogP contribution is 2.33. The molecule has 10 nitrogen and oxygen atoms in total. The number of aryl methyl sites for hydroxylation is 1. The number of rotatable bonds is 7. The van der Waals surface area contributed by atoms with Crippen molar-refractivity contribution in [3.05, 3.63) is 82.7 Å². The Morgan fingerprint density at radius 1 is 1.08 bits per heavy atom. The number of para-hydroxylation sites is 1. The van der Waals surface area contributed by atoms with Crippen LogP contribution in [0.4, 0.5) is 16.0 Å². The number of anilines is 2. The number of halogens is 1. The maximum absolute atomic E-state index is 14.7. The van der Waals surface area contributed by atoms with Gasteiger partial charge in [-0.1, -0.05) is 43.3 Å². The van der Waals surface area contributed by atoms with Crippen molar-refractivity contribution in [1.29, 1.82) is 0 Å². The van der Waals surface area contributed by atoms with Gasteiger partial charge in [-0.2, -0.15) is 4.98 Å². The Balaban J connectivity index is 1.69. The molecule has 0 aliphatic heterocycles. The van der Waals surface area contributed by atoms with Gasteiger partial charge in [0.05, 0.1) is 17.2 Å². The van der Waals surface area contributed by atoms with Crippen molar-refractivity contribution >= 4 is 22.5 Å². The fourth-order valence-electron chi connectivity index (χ4n) is 4.00. The molecule has 2 aromatic carbocycles. The van der Waals surface area contributed by atoms with Crippen molar-refractivity contribution in [1.82, 2.24) is 29.7 Å². The number of benzene rings is 2. The van der Waals surface area contributed by atoms with Crippen LogP contribution in [0.5, 0.6) is 0 Å². The Labute approximate surface area is 205 Å². The van der Waals surface area contributed by atoms with Crippen LogP contribution in [0.3, 0.4) is 0 Å². The zero-order valence-corrected chi connectivity index (χ0v) is 19.6. The molecule has 3 heterocycles. The summed E-state index contributed by atoms with van der Waals surface area (Å²) in [7, 11) is 0. The number of hydrogen-bond acceptors (Lipinski definition) is 9. The van der Waals surface area contributed by atoms with E-state index in [1.54, 1.807) is 30.3 Å². The van der Waals surface area contributed by atoms with Crippen LogP contribution in [0.15, 0.2) is 64.2 Å². The predicted molar refractivity (Wildman–Crippen MR) is 133 cm³/mol. The topological polar surface area (TPSA) is 138 Å². The van der Waals surface area contributed by atoms with Crippen LogP contribution in [0, 0.1) is 5.82 Å². The first-order valence-electron chi connectivity index (χ1n) is 11.5. The highest BCUT2D eigenvalue weighted by Gasteiger charge is 2.25. The number of fused-ring (bicyclic) bond motifs is 1. The van der Waals surface area contributed by atoms with E-state index in [0.717, 1.165) is 0 Å². The van der Waals surface area contributed by atoms with Crippen LogP contribution in [-0.2, 0) is 6.42 Å². The molecule has 0 aliphatic carbocycles. The molecule has 182 valence electrons. The maximum atomic E-state index is 14.7. The molecule has 1 atom stereocenters. The molecule has 11 heteroatoms. The fraction of sp³-hybridized carbons (Fsp3) is 0.200. The second-order valence-corrected chi connectivity index (χ2v) is 8.04. The number of nitrogens with one attached hydrogen (secondary N) is 1. The Kier molecular flexibility index (Phi) is 6.11. The lowest BCUT2D eigenvalue weighted by Crippen LogP contribution is -2.29. The van der Waals surface area contributed by atoms with Crippen molar-refractivity contribution in [3.8, 4) is 17.1 Å². The molecular formula is C25H23FN8O2. The molecule has 0 unspecified atom stereocenters. The van der Waals surface area contributed by atoms with E-state index in [1.165, 1.54) is 23.0 Å². The summed E-state index contributed by atoms with van der Waals surface area (Å²) in [6, 6.07) is 12.8. The van der Waals surface area contributed by atoms with Gasteiger partial charge in [0, 0.05) is 6.42 Å². The summed E-state index contributed by atoms with van der Waals surface area (Å²) in [4.78, 5) is 31.1. The van der Waals surface area contributed by atoms with Gasteiger partial charge in [-0.05, 0) is 30.7 Å². The van der Waals surface area contributed by atoms with Crippen LogP contribution in [-0.4, -0.2) is 29.7 Å². The Morgan fingerprint density at radius 3 is 2.61 bits per heavy atom. The summed E-state index contributed by atoms with van der Waals surface area (Å²) < 4.78 is 21.5. The minimum Gasteiger partial charge on any atom is -0.383 e. The van der Waals surface area contributed by atoms with Crippen molar-refractivity contribution in [2.75, 3.05) is 11.1 Å². The van der Waals surface area contributed by atoms with Crippen molar-refractivity contribution < 1.29 is 8.91 Å². The third kappa shape index (κ3) is 4.04. The zero-order chi connectivity index (χ0) is 25.2. The molecule has 0 aliphatic rings. The minimum atomic E-state index is -0.628. The summed E-state index contributed by atoms with van der Waals surface area (Å²) in [6.45, 7) is 3.84. The van der Waals surface area contributed by atoms with Gasteiger partial charge in [0.2, 0.25) is 0 Å². The molecule has 5 rings (SSSR count). The predicted octanol–water partition coefficient (Wildman–Crippen LogP) is 4.07. The van der Waals surface area contributed by atoms with Gasteiger partial charge in [0.1, 0.15) is 40.6 Å². The number of nitrogens with zero attached hydrogens (tertiary/aromatic N) is 6. The van der Waals surface area contributed by atoms with E-state index in [0.29, 0.717) is 41.6 Å². The zero-order valence-electron chi connectivity index (χ0n) is 19.6. The highest BCUT2D eigenvalue weighted by atomic mass is 19.1. The molecule has 0 radical (unpaired) electrons. The van der Waals surface area contributed by atoms with Gasteiger partial charge in [-0.3, -0.25) is 9.36 Å². The Hall–Kier alpha value is -4.67. The first kappa shape index (κ1) is 23.1. The molecular weight excluding hydrogens is 463 g/mol. The smallest absolute Gasteiger partial charge is 0.269 e. The van der Waals surface area contributed by atoms with E-state index < -0.39 is 17.4 Å². The Morgan fingerprint density at radius 2 is 1.89 bits per heavy atom. The molecule has 0 amide bonds. The van der Waals surface area contributed by atoms with Crippen LogP contribution in [0.2, 0.25) is 0 Å². The monoisotopic (exact) mass is 486 g/mol. The minimum absolute atomic E-state index is 0.0788. The van der Waals surface area contributed by atoms with Gasteiger partial charge >= 0.3 is 0 Å². The lowest BCUT2D eigenvalue weighted by Gasteiger charge is -2.23. The lowest BCUT2D eigenvalue weighted by molar-refractivity contribution is 0.423. The van der Waals surface area contributed by atoms with Crippen LogP contribution in [0.1, 0.15) is 38.0 Å². The molecule has 0 fully saturated rings. The molecule has 5 aromatic rings. The second kappa shape index (κ2) is 9.53. The van der Waals surface area contributed by atoms with E-state index >= 15 is 0 Å². The van der Waals surface area contributed by atoms with Crippen LogP contribution >= 0.6 is 0 Å². The second-order valence-electron chi connectivity index (χ2n) is 8.04. The van der Waals surface area contributed by atoms with E-state index in [4.69, 9.17) is 15.2 Å². The van der Waals surface area contributed by atoms with E-state index in [9.17, 15) is 9.18 Å². The van der Waals surface area contributed by atoms with Gasteiger partial charge in [0.25, 0.3) is 11.4 Å². The summed E-state index contributed by atoms with van der Waals surface area (Å²) >= 11 is 0. The van der Waals surface area contributed by atoms with Gasteiger partial charge < -0.3 is 15.6 Å². The van der Waals surface area contributed by atoms with Gasteiger partial charge in [-0.15, -0.1) is 0 Å². The standard InChI is InChI=1S/C25H23FN8O2/c1-3-16(30-22-20(21(27)28-13-29-22)24-32-18(4-2)33-36-24)23-31-17-12-8-11-15(26)19(17)25(35)34(23)14-9-6-5-7-10-14/h5-13,16H,3-4H2,1-2H3,(H3,27,28,29,30)/t16-/m0/s1. The maximum Gasteiger partial charge on any atom is 0.269 e. The average Bonchev–Trinajstić information content (AvgIpc) is 3.36. The lowest BCUT2D eigenvalue weighted by atomic mass is 10.1. The number of aromatic nitrogens is 6. The first-order valence-corrected chi connectivity index (χ1v) is 11.5. The molecule has 36 heavy (non-hydrogen) atoms. The first-order chi connectivity index (χ1) is 17.5. The molecule has 0 saturated carbocycles. The van der Waals surface area contributed by atoms with Crippen molar-refractivity contribution in [3.63, 3.8) is 0 Å². The third-order valence-corrected chi connectivity index (χ3v) is 5.79. The molecule has 0 saturated heterocycles. The fourth-order valence-corrected chi connectivity index (χ4v) is 4.00. The van der Waals surface area contributed by atoms with E-state index in [-0.39, 0.29) is 22.6 Å². The van der Waals surface area contributed by atoms with Crippen LogP contribution < -0.4 is 16.6 Å².